The van der Waals surface area contributed by atoms with Crippen LogP contribution in [0, 0.1) is 6.92 Å². The van der Waals surface area contributed by atoms with Gasteiger partial charge in [0.1, 0.15) is 11.8 Å². The van der Waals surface area contributed by atoms with E-state index in [0.29, 0.717) is 5.76 Å². The Balaban J connectivity index is 2.06. The van der Waals surface area contributed by atoms with E-state index in [9.17, 15) is 14.7 Å². The van der Waals surface area contributed by atoms with Crippen LogP contribution in [-0.4, -0.2) is 23.5 Å². The van der Waals surface area contributed by atoms with E-state index in [-0.39, 0.29) is 24.8 Å². The Bertz CT molecular complexity index is 665. The van der Waals surface area contributed by atoms with Crippen molar-refractivity contribution in [2.45, 2.75) is 32.4 Å². The van der Waals surface area contributed by atoms with Crippen LogP contribution in [0.3, 0.4) is 0 Å². The van der Waals surface area contributed by atoms with Crippen LogP contribution < -0.4 is 10.6 Å². The van der Waals surface area contributed by atoms with Crippen molar-refractivity contribution in [3.05, 3.63) is 59.5 Å². The summed E-state index contributed by atoms with van der Waals surface area (Å²) in [5.74, 6) is -0.0137. The molecular weight excluding hydrogens is 308 g/mol. The summed E-state index contributed by atoms with van der Waals surface area (Å²) in [4.78, 5) is 23.8. The first-order chi connectivity index (χ1) is 11.5. The molecule has 24 heavy (non-hydrogen) atoms. The summed E-state index contributed by atoms with van der Waals surface area (Å²) >= 11 is 0. The molecule has 2 atom stereocenters. The van der Waals surface area contributed by atoms with Crippen molar-refractivity contribution in [3.63, 3.8) is 0 Å². The normalized spacial score (nSPS) is 13.1. The zero-order valence-electron chi connectivity index (χ0n) is 13.8. The molecule has 2 aromatic rings. The highest BCUT2D eigenvalue weighted by Crippen LogP contribution is 2.19. The van der Waals surface area contributed by atoms with E-state index in [1.807, 2.05) is 31.2 Å². The Morgan fingerprint density at radius 2 is 1.83 bits per heavy atom. The molecule has 0 spiro atoms. The summed E-state index contributed by atoms with van der Waals surface area (Å²) in [5, 5.41) is 14.9. The molecular formula is C18H22N2O4. The quantitative estimate of drug-likeness (QED) is 0.724. The van der Waals surface area contributed by atoms with Crippen molar-refractivity contribution in [2.24, 2.45) is 0 Å². The average molecular weight is 330 g/mol. The first-order valence-corrected chi connectivity index (χ1v) is 7.77. The largest absolute Gasteiger partial charge is 0.467 e. The van der Waals surface area contributed by atoms with Crippen molar-refractivity contribution in [2.75, 3.05) is 6.61 Å². The van der Waals surface area contributed by atoms with Crippen LogP contribution in [0.1, 0.15) is 42.3 Å². The molecule has 1 aromatic carbocycles. The van der Waals surface area contributed by atoms with Gasteiger partial charge in [-0.3, -0.25) is 9.59 Å². The Morgan fingerprint density at radius 3 is 2.38 bits per heavy atom. The Kier molecular flexibility index (Phi) is 6.14. The predicted octanol–water partition coefficient (Wildman–Crippen LogP) is 2.01. The minimum atomic E-state index is -0.608. The van der Waals surface area contributed by atoms with E-state index in [0.717, 1.165) is 11.1 Å². The number of rotatable bonds is 7. The number of benzene rings is 1. The maximum atomic E-state index is 12.3. The van der Waals surface area contributed by atoms with E-state index >= 15 is 0 Å². The second-order valence-electron chi connectivity index (χ2n) is 5.69. The fourth-order valence-electron chi connectivity index (χ4n) is 2.43. The van der Waals surface area contributed by atoms with Crippen LogP contribution >= 0.6 is 0 Å². The molecule has 2 rings (SSSR count). The number of aliphatic hydroxyl groups is 1. The van der Waals surface area contributed by atoms with E-state index in [4.69, 9.17) is 4.42 Å². The van der Waals surface area contributed by atoms with Gasteiger partial charge < -0.3 is 20.2 Å². The van der Waals surface area contributed by atoms with Gasteiger partial charge in [0, 0.05) is 6.92 Å². The number of aryl methyl sites for hydroxylation is 1. The molecule has 6 heteroatoms. The van der Waals surface area contributed by atoms with Gasteiger partial charge in [-0.1, -0.05) is 29.8 Å². The third kappa shape index (κ3) is 4.96. The molecule has 0 radical (unpaired) electrons. The van der Waals surface area contributed by atoms with E-state index in [2.05, 4.69) is 10.6 Å². The second-order valence-corrected chi connectivity index (χ2v) is 5.69. The molecule has 3 N–H and O–H groups in total. The Hall–Kier alpha value is -2.60. The van der Waals surface area contributed by atoms with Crippen molar-refractivity contribution < 1.29 is 19.1 Å². The lowest BCUT2D eigenvalue weighted by atomic mass is 10.0. The van der Waals surface area contributed by atoms with Crippen LogP contribution in [-0.2, 0) is 9.59 Å². The predicted molar refractivity (Wildman–Crippen MR) is 89.0 cm³/mol. The SMILES string of the molecule is CC(=O)NC(CC(=O)NC(CO)c1ccco1)c1ccc(C)cc1. The molecule has 0 saturated carbocycles. The van der Waals surface area contributed by atoms with Gasteiger partial charge in [-0.25, -0.2) is 0 Å². The molecule has 0 aliphatic carbocycles. The minimum Gasteiger partial charge on any atom is -0.467 e. The topological polar surface area (TPSA) is 91.6 Å². The van der Waals surface area contributed by atoms with E-state index in [1.54, 1.807) is 12.1 Å². The number of aliphatic hydroxyl groups excluding tert-OH is 1. The molecule has 1 aromatic heterocycles. The van der Waals surface area contributed by atoms with Crippen LogP contribution in [0.2, 0.25) is 0 Å². The number of furan rings is 1. The van der Waals surface area contributed by atoms with Gasteiger partial charge in [0.2, 0.25) is 11.8 Å². The van der Waals surface area contributed by atoms with Crippen molar-refractivity contribution in [1.82, 2.24) is 10.6 Å². The summed E-state index contributed by atoms with van der Waals surface area (Å²) in [6, 6.07) is 9.98. The number of hydrogen-bond acceptors (Lipinski definition) is 4. The lowest BCUT2D eigenvalue weighted by Crippen LogP contribution is -2.35. The fraction of sp³-hybridized carbons (Fsp3) is 0.333. The van der Waals surface area contributed by atoms with Crippen molar-refractivity contribution >= 4 is 11.8 Å². The molecule has 0 bridgehead atoms. The number of amides is 2. The minimum absolute atomic E-state index is 0.0693. The summed E-state index contributed by atoms with van der Waals surface area (Å²) in [6.07, 6.45) is 1.55. The Labute approximate surface area is 140 Å². The Morgan fingerprint density at radius 1 is 1.12 bits per heavy atom. The van der Waals surface area contributed by atoms with Gasteiger partial charge >= 0.3 is 0 Å². The third-order valence-corrected chi connectivity index (χ3v) is 3.65. The standard InChI is InChI=1S/C18H22N2O4/c1-12-5-7-14(8-6-12)15(19-13(2)22)10-18(23)20-16(11-21)17-4-3-9-24-17/h3-9,15-16,21H,10-11H2,1-2H3,(H,19,22)(H,20,23). The van der Waals surface area contributed by atoms with Crippen LogP contribution in [0.25, 0.3) is 0 Å². The zero-order chi connectivity index (χ0) is 17.5. The van der Waals surface area contributed by atoms with Crippen molar-refractivity contribution in [1.29, 1.82) is 0 Å². The first kappa shape index (κ1) is 17.7. The lowest BCUT2D eigenvalue weighted by molar-refractivity contribution is -0.123. The highest BCUT2D eigenvalue weighted by Gasteiger charge is 2.21. The van der Waals surface area contributed by atoms with Crippen molar-refractivity contribution in [3.8, 4) is 0 Å². The smallest absolute Gasteiger partial charge is 0.223 e. The summed E-state index contributed by atoms with van der Waals surface area (Å²) in [5.41, 5.74) is 1.95. The molecule has 0 saturated heterocycles. The van der Waals surface area contributed by atoms with Gasteiger partial charge in [0.15, 0.2) is 0 Å². The number of carbonyl (C=O) groups excluding carboxylic acids is 2. The van der Waals surface area contributed by atoms with Gasteiger partial charge in [0.25, 0.3) is 0 Å². The van der Waals surface area contributed by atoms with Gasteiger partial charge in [0.05, 0.1) is 25.3 Å². The van der Waals surface area contributed by atoms with Gasteiger partial charge in [-0.2, -0.15) is 0 Å². The van der Waals surface area contributed by atoms with Crippen LogP contribution in [0.4, 0.5) is 0 Å². The molecule has 0 aliphatic rings. The fourth-order valence-corrected chi connectivity index (χ4v) is 2.43. The lowest BCUT2D eigenvalue weighted by Gasteiger charge is -2.20. The maximum absolute atomic E-state index is 12.3. The summed E-state index contributed by atoms with van der Waals surface area (Å²) < 4.78 is 5.21. The second kappa shape index (κ2) is 8.31. The molecule has 1 heterocycles. The van der Waals surface area contributed by atoms with Gasteiger partial charge in [-0.05, 0) is 24.6 Å². The van der Waals surface area contributed by atoms with E-state index < -0.39 is 12.1 Å². The monoisotopic (exact) mass is 330 g/mol. The number of hydrogen-bond donors (Lipinski definition) is 3. The molecule has 0 fully saturated rings. The molecule has 6 nitrogen and oxygen atoms in total. The summed E-state index contributed by atoms with van der Waals surface area (Å²) in [6.45, 7) is 3.12. The maximum Gasteiger partial charge on any atom is 0.223 e. The molecule has 2 amide bonds. The third-order valence-electron chi connectivity index (χ3n) is 3.65. The highest BCUT2D eigenvalue weighted by molar-refractivity contribution is 5.79. The highest BCUT2D eigenvalue weighted by atomic mass is 16.3. The zero-order valence-corrected chi connectivity index (χ0v) is 13.8. The average Bonchev–Trinajstić information content (AvgIpc) is 3.06. The molecule has 128 valence electrons. The molecule has 0 aliphatic heterocycles. The van der Waals surface area contributed by atoms with Crippen LogP contribution in [0.15, 0.2) is 47.1 Å². The van der Waals surface area contributed by atoms with Crippen LogP contribution in [0.5, 0.6) is 0 Å². The van der Waals surface area contributed by atoms with Gasteiger partial charge in [-0.15, -0.1) is 0 Å². The van der Waals surface area contributed by atoms with E-state index in [1.165, 1.54) is 13.2 Å². The number of carbonyl (C=O) groups is 2. The first-order valence-electron chi connectivity index (χ1n) is 7.77. The summed E-state index contributed by atoms with van der Waals surface area (Å²) in [7, 11) is 0. The number of nitrogens with one attached hydrogen (secondary N) is 2. The molecule has 2 unspecified atom stereocenters.